The van der Waals surface area contributed by atoms with Crippen molar-refractivity contribution in [1.29, 1.82) is 0 Å². The molecule has 25 heavy (non-hydrogen) atoms. The van der Waals surface area contributed by atoms with E-state index in [2.05, 4.69) is 27.0 Å². The van der Waals surface area contributed by atoms with Crippen molar-refractivity contribution in [3.8, 4) is 0 Å². The second kappa shape index (κ2) is 8.10. The summed E-state index contributed by atoms with van der Waals surface area (Å²) < 4.78 is 5.38. The number of hydrogen-bond donors (Lipinski definition) is 0. The summed E-state index contributed by atoms with van der Waals surface area (Å²) in [7, 11) is 2.07. The van der Waals surface area contributed by atoms with Gasteiger partial charge in [0.15, 0.2) is 5.82 Å². The molecule has 0 aliphatic carbocycles. The number of carbonyl (C=O) groups is 1. The van der Waals surface area contributed by atoms with Crippen LogP contribution in [0, 0.1) is 6.92 Å². The van der Waals surface area contributed by atoms with Crippen LogP contribution in [0.4, 0.5) is 5.82 Å². The van der Waals surface area contributed by atoms with E-state index in [-0.39, 0.29) is 11.9 Å². The van der Waals surface area contributed by atoms with Crippen LogP contribution < -0.4 is 4.90 Å². The second-order valence-electron chi connectivity index (χ2n) is 7.02. The monoisotopic (exact) mass is 347 g/mol. The molecule has 7 nitrogen and oxygen atoms in total. The summed E-state index contributed by atoms with van der Waals surface area (Å²) in [5.74, 6) is 1.15. The highest BCUT2D eigenvalue weighted by Crippen LogP contribution is 2.21. The van der Waals surface area contributed by atoms with Crippen molar-refractivity contribution < 1.29 is 9.53 Å². The van der Waals surface area contributed by atoms with Crippen LogP contribution in [0.1, 0.15) is 25.5 Å². The number of rotatable bonds is 4. The van der Waals surface area contributed by atoms with E-state index in [9.17, 15) is 4.79 Å². The van der Waals surface area contributed by atoms with Crippen LogP contribution in [-0.4, -0.2) is 84.4 Å². The molecule has 2 aliphatic rings. The van der Waals surface area contributed by atoms with Crippen molar-refractivity contribution >= 4 is 11.7 Å². The number of aromatic nitrogens is 2. The Kier molecular flexibility index (Phi) is 5.86. The molecule has 0 unspecified atom stereocenters. The maximum absolute atomic E-state index is 12.8. The van der Waals surface area contributed by atoms with Crippen LogP contribution in [0.5, 0.6) is 0 Å². The van der Waals surface area contributed by atoms with Gasteiger partial charge in [-0.05, 0) is 38.8 Å². The third-order valence-electron chi connectivity index (χ3n) is 5.42. The summed E-state index contributed by atoms with van der Waals surface area (Å²) in [5, 5.41) is 8.42. The predicted molar refractivity (Wildman–Crippen MR) is 96.6 cm³/mol. The number of likely N-dealkylation sites (tertiary alicyclic amines) is 1. The van der Waals surface area contributed by atoms with Gasteiger partial charge in [0.25, 0.3) is 0 Å². The molecule has 7 heteroatoms. The number of morpholine rings is 1. The molecule has 0 saturated carbocycles. The van der Waals surface area contributed by atoms with Crippen LogP contribution in [0.15, 0.2) is 12.1 Å². The van der Waals surface area contributed by atoms with Crippen LogP contribution >= 0.6 is 0 Å². The molecule has 138 valence electrons. The van der Waals surface area contributed by atoms with Crippen LogP contribution in [0.25, 0.3) is 0 Å². The topological polar surface area (TPSA) is 61.8 Å². The Bertz CT molecular complexity index is 565. The molecule has 0 spiro atoms. The molecule has 2 aliphatic heterocycles. The maximum Gasteiger partial charge on any atom is 0.239 e. The zero-order valence-electron chi connectivity index (χ0n) is 15.5. The number of carbonyl (C=O) groups excluding carboxylic acids is 1. The largest absolute Gasteiger partial charge is 0.379 e. The van der Waals surface area contributed by atoms with Gasteiger partial charge in [-0.15, -0.1) is 5.10 Å². The fraction of sp³-hybridized carbons (Fsp3) is 0.722. The maximum atomic E-state index is 12.8. The van der Waals surface area contributed by atoms with Gasteiger partial charge in [0.1, 0.15) is 0 Å². The number of hydrogen-bond acceptors (Lipinski definition) is 6. The summed E-state index contributed by atoms with van der Waals surface area (Å²) >= 11 is 0. The lowest BCUT2D eigenvalue weighted by molar-refractivity contribution is -0.139. The number of amides is 1. The highest BCUT2D eigenvalue weighted by molar-refractivity contribution is 5.81. The Balaban J connectivity index is 1.52. The second-order valence-corrected chi connectivity index (χ2v) is 7.02. The van der Waals surface area contributed by atoms with Gasteiger partial charge < -0.3 is 14.5 Å². The van der Waals surface area contributed by atoms with E-state index in [1.54, 1.807) is 0 Å². The lowest BCUT2D eigenvalue weighted by Gasteiger charge is -2.40. The molecular weight excluding hydrogens is 318 g/mol. The first-order valence-corrected chi connectivity index (χ1v) is 9.20. The van der Waals surface area contributed by atoms with Crippen molar-refractivity contribution in [2.75, 3.05) is 51.3 Å². The summed E-state index contributed by atoms with van der Waals surface area (Å²) in [6.07, 6.45) is 1.93. The van der Waals surface area contributed by atoms with Crippen LogP contribution in [0.3, 0.4) is 0 Å². The Labute approximate surface area is 149 Å². The average Bonchev–Trinajstić information content (AvgIpc) is 2.67. The molecule has 1 atom stereocenters. The lowest BCUT2D eigenvalue weighted by atomic mass is 10.0. The molecule has 0 radical (unpaired) electrons. The fourth-order valence-corrected chi connectivity index (χ4v) is 3.63. The molecule has 1 aromatic heterocycles. The molecule has 1 aromatic rings. The third kappa shape index (κ3) is 4.27. The molecule has 2 fully saturated rings. The summed E-state index contributed by atoms with van der Waals surface area (Å²) in [6, 6.07) is 4.35. The van der Waals surface area contributed by atoms with E-state index >= 15 is 0 Å². The van der Waals surface area contributed by atoms with Crippen LogP contribution in [0.2, 0.25) is 0 Å². The summed E-state index contributed by atoms with van der Waals surface area (Å²) in [5.41, 5.74) is 0.926. The number of piperidine rings is 1. The van der Waals surface area contributed by atoms with Gasteiger partial charge in [-0.3, -0.25) is 9.69 Å². The van der Waals surface area contributed by atoms with Crippen molar-refractivity contribution in [3.05, 3.63) is 17.8 Å². The van der Waals surface area contributed by atoms with E-state index < -0.39 is 0 Å². The van der Waals surface area contributed by atoms with E-state index in [1.165, 1.54) is 0 Å². The van der Waals surface area contributed by atoms with Crippen molar-refractivity contribution in [2.45, 2.75) is 38.8 Å². The van der Waals surface area contributed by atoms with E-state index in [0.717, 1.165) is 63.7 Å². The minimum Gasteiger partial charge on any atom is -0.379 e. The molecule has 3 heterocycles. The highest BCUT2D eigenvalue weighted by atomic mass is 16.5. The summed E-state index contributed by atoms with van der Waals surface area (Å²) in [6.45, 7) is 8.72. The number of anilines is 1. The number of ether oxygens (including phenoxy) is 1. The zero-order valence-corrected chi connectivity index (χ0v) is 15.5. The van der Waals surface area contributed by atoms with Crippen LogP contribution in [-0.2, 0) is 9.53 Å². The first kappa shape index (κ1) is 18.1. The van der Waals surface area contributed by atoms with Gasteiger partial charge in [0.2, 0.25) is 5.91 Å². The van der Waals surface area contributed by atoms with Gasteiger partial charge in [0, 0.05) is 39.3 Å². The Morgan fingerprint density at radius 2 is 1.88 bits per heavy atom. The van der Waals surface area contributed by atoms with Gasteiger partial charge >= 0.3 is 0 Å². The SMILES string of the molecule is Cc1ccc(N(C)C2CCN(C(=O)[C@@H](C)N3CCOCC3)CC2)nn1. The normalized spacial score (nSPS) is 21.2. The standard InChI is InChI=1S/C18H29N5O2/c1-14-4-5-17(20-19-14)21(3)16-6-8-23(9-7-16)18(24)15(2)22-10-12-25-13-11-22/h4-5,15-16H,6-13H2,1-3H3/t15-/m1/s1. The number of nitrogens with zero attached hydrogens (tertiary/aromatic N) is 5. The van der Waals surface area contributed by atoms with E-state index in [4.69, 9.17) is 4.74 Å². The highest BCUT2D eigenvalue weighted by Gasteiger charge is 2.31. The average molecular weight is 347 g/mol. The Morgan fingerprint density at radius 1 is 1.20 bits per heavy atom. The zero-order chi connectivity index (χ0) is 17.8. The fourth-order valence-electron chi connectivity index (χ4n) is 3.63. The molecule has 0 bridgehead atoms. The quantitative estimate of drug-likeness (QED) is 0.808. The first-order chi connectivity index (χ1) is 12.1. The minimum absolute atomic E-state index is 0.0545. The lowest BCUT2D eigenvalue weighted by Crippen LogP contribution is -2.54. The van der Waals surface area contributed by atoms with Gasteiger partial charge in [-0.25, -0.2) is 0 Å². The molecule has 1 amide bonds. The van der Waals surface area contributed by atoms with Gasteiger partial charge in [-0.1, -0.05) is 0 Å². The number of aryl methyl sites for hydroxylation is 1. The minimum atomic E-state index is -0.0545. The van der Waals surface area contributed by atoms with Crippen molar-refractivity contribution in [1.82, 2.24) is 20.0 Å². The molecule has 0 N–H and O–H groups in total. The van der Waals surface area contributed by atoms with Crippen molar-refractivity contribution in [3.63, 3.8) is 0 Å². The van der Waals surface area contributed by atoms with E-state index in [0.29, 0.717) is 6.04 Å². The predicted octanol–water partition coefficient (Wildman–Crippen LogP) is 0.933. The smallest absolute Gasteiger partial charge is 0.239 e. The van der Waals surface area contributed by atoms with E-state index in [1.807, 2.05) is 30.9 Å². The molecular formula is C18H29N5O2. The van der Waals surface area contributed by atoms with Gasteiger partial charge in [-0.2, -0.15) is 5.10 Å². The molecule has 3 rings (SSSR count). The molecule has 2 saturated heterocycles. The third-order valence-corrected chi connectivity index (χ3v) is 5.42. The summed E-state index contributed by atoms with van der Waals surface area (Å²) in [4.78, 5) is 19.2. The Hall–Kier alpha value is -1.73. The van der Waals surface area contributed by atoms with Crippen molar-refractivity contribution in [2.24, 2.45) is 0 Å². The first-order valence-electron chi connectivity index (χ1n) is 9.20. The molecule has 0 aromatic carbocycles. The Morgan fingerprint density at radius 3 is 2.48 bits per heavy atom. The van der Waals surface area contributed by atoms with Gasteiger partial charge in [0.05, 0.1) is 24.9 Å².